The number of benzene rings is 2. The molecule has 0 amide bonds. The first-order valence-electron chi connectivity index (χ1n) is 8.10. The first-order valence-corrected chi connectivity index (χ1v) is 9.32. The van der Waals surface area contributed by atoms with Crippen LogP contribution in [-0.4, -0.2) is 15.9 Å². The molecule has 2 aromatic heterocycles. The molecule has 0 aliphatic heterocycles. The van der Waals surface area contributed by atoms with Crippen molar-refractivity contribution in [2.75, 3.05) is 6.26 Å². The number of pyridine rings is 1. The van der Waals surface area contributed by atoms with Crippen LogP contribution in [0.5, 0.6) is 5.75 Å². The smallest absolute Gasteiger partial charge is 0.339 e. The van der Waals surface area contributed by atoms with Crippen molar-refractivity contribution in [3.05, 3.63) is 80.7 Å². The third-order valence-electron chi connectivity index (χ3n) is 4.39. The van der Waals surface area contributed by atoms with E-state index < -0.39 is 16.9 Å². The van der Waals surface area contributed by atoms with Gasteiger partial charge in [-0.2, -0.15) is 0 Å². The van der Waals surface area contributed by atoms with Crippen molar-refractivity contribution in [3.8, 4) is 5.75 Å². The number of rotatable bonds is 3. The maximum Gasteiger partial charge on any atom is 0.339 e. The molecule has 2 aromatic carbocycles. The van der Waals surface area contributed by atoms with E-state index in [4.69, 9.17) is 4.42 Å². The standard InChI is InChI=1S/C20H14FNO4S/c1-27-13-6-7-14-15(8-13)22(10-11-2-4-12(21)5-3-11)20(25)18-16(23)9-17(24)26-19(14)18/h2-9,23H,10H2,1H3. The Hall–Kier alpha value is -3.06. The van der Waals surface area contributed by atoms with E-state index >= 15 is 0 Å². The van der Waals surface area contributed by atoms with Gasteiger partial charge in [0, 0.05) is 10.3 Å². The van der Waals surface area contributed by atoms with Crippen molar-refractivity contribution in [2.45, 2.75) is 11.4 Å². The van der Waals surface area contributed by atoms with Crippen molar-refractivity contribution in [1.82, 2.24) is 4.57 Å². The minimum absolute atomic E-state index is 0.0545. The SMILES string of the molecule is CSc1ccc2c3oc(=O)cc(O)c3c(=O)n(Cc3ccc(F)cc3)c2c1. The topological polar surface area (TPSA) is 72.4 Å². The zero-order valence-electron chi connectivity index (χ0n) is 14.2. The van der Waals surface area contributed by atoms with Gasteiger partial charge >= 0.3 is 5.63 Å². The maximum atomic E-state index is 13.2. The molecule has 2 heterocycles. The van der Waals surface area contributed by atoms with Crippen LogP contribution in [-0.2, 0) is 6.54 Å². The van der Waals surface area contributed by atoms with E-state index in [0.29, 0.717) is 10.9 Å². The van der Waals surface area contributed by atoms with E-state index in [2.05, 4.69) is 0 Å². The van der Waals surface area contributed by atoms with Crippen molar-refractivity contribution in [2.24, 2.45) is 0 Å². The third kappa shape index (κ3) is 3.00. The highest BCUT2D eigenvalue weighted by Gasteiger charge is 2.17. The molecular weight excluding hydrogens is 369 g/mol. The second-order valence-corrected chi connectivity index (χ2v) is 6.94. The molecule has 4 rings (SSSR count). The quantitative estimate of drug-likeness (QED) is 0.431. The Morgan fingerprint density at radius 3 is 2.56 bits per heavy atom. The molecule has 7 heteroatoms. The van der Waals surface area contributed by atoms with Gasteiger partial charge in [0.1, 0.15) is 17.0 Å². The molecular formula is C20H14FNO4S. The summed E-state index contributed by atoms with van der Waals surface area (Å²) in [5, 5.41) is 10.7. The molecule has 0 unspecified atom stereocenters. The average molecular weight is 383 g/mol. The summed E-state index contributed by atoms with van der Waals surface area (Å²) in [5.74, 6) is -0.784. The summed E-state index contributed by atoms with van der Waals surface area (Å²) in [5.41, 5.74) is 0.137. The number of hydrogen-bond acceptors (Lipinski definition) is 5. The Bertz CT molecular complexity index is 1290. The van der Waals surface area contributed by atoms with Crippen LogP contribution in [0.3, 0.4) is 0 Å². The van der Waals surface area contributed by atoms with E-state index in [1.54, 1.807) is 18.2 Å². The largest absolute Gasteiger partial charge is 0.507 e. The number of nitrogens with zero attached hydrogens (tertiary/aromatic N) is 1. The van der Waals surface area contributed by atoms with E-state index in [9.17, 15) is 19.1 Å². The molecule has 136 valence electrons. The average Bonchev–Trinajstić information content (AvgIpc) is 2.65. The Kier molecular flexibility index (Phi) is 4.24. The van der Waals surface area contributed by atoms with Crippen molar-refractivity contribution >= 4 is 33.6 Å². The van der Waals surface area contributed by atoms with E-state index in [1.807, 2.05) is 18.4 Å². The maximum absolute atomic E-state index is 13.2. The summed E-state index contributed by atoms with van der Waals surface area (Å²) in [6.45, 7) is 0.182. The lowest BCUT2D eigenvalue weighted by atomic mass is 10.1. The molecule has 0 spiro atoms. The van der Waals surface area contributed by atoms with Gasteiger partial charge in [0.2, 0.25) is 0 Å². The molecule has 0 fully saturated rings. The lowest BCUT2D eigenvalue weighted by Gasteiger charge is -2.14. The minimum Gasteiger partial charge on any atom is -0.507 e. The monoisotopic (exact) mass is 383 g/mol. The van der Waals surface area contributed by atoms with Crippen LogP contribution >= 0.6 is 11.8 Å². The number of hydrogen-bond donors (Lipinski definition) is 1. The first kappa shape index (κ1) is 17.4. The van der Waals surface area contributed by atoms with Crippen molar-refractivity contribution in [3.63, 3.8) is 0 Å². The van der Waals surface area contributed by atoms with Gasteiger partial charge in [-0.05, 0) is 42.2 Å². The normalized spacial score (nSPS) is 11.3. The summed E-state index contributed by atoms with van der Waals surface area (Å²) in [6.07, 6.45) is 1.91. The summed E-state index contributed by atoms with van der Waals surface area (Å²) >= 11 is 1.51. The molecule has 0 radical (unpaired) electrons. The fourth-order valence-electron chi connectivity index (χ4n) is 3.11. The Labute approximate surface area is 156 Å². The molecule has 0 bridgehead atoms. The highest BCUT2D eigenvalue weighted by Crippen LogP contribution is 2.29. The fourth-order valence-corrected chi connectivity index (χ4v) is 3.54. The summed E-state index contributed by atoms with van der Waals surface area (Å²) in [7, 11) is 0. The van der Waals surface area contributed by atoms with Crippen LogP contribution in [0.1, 0.15) is 5.56 Å². The van der Waals surface area contributed by atoms with Gasteiger partial charge < -0.3 is 14.1 Å². The minimum atomic E-state index is -0.731. The van der Waals surface area contributed by atoms with Crippen LogP contribution in [0.4, 0.5) is 4.39 Å². The molecule has 0 saturated heterocycles. The number of aromatic nitrogens is 1. The number of aromatic hydroxyl groups is 1. The highest BCUT2D eigenvalue weighted by atomic mass is 32.2. The van der Waals surface area contributed by atoms with Gasteiger partial charge in [0.05, 0.1) is 18.1 Å². The lowest BCUT2D eigenvalue weighted by molar-refractivity contribution is 0.467. The highest BCUT2D eigenvalue weighted by molar-refractivity contribution is 7.98. The van der Waals surface area contributed by atoms with Crippen LogP contribution in [0.25, 0.3) is 21.9 Å². The zero-order chi connectivity index (χ0) is 19.1. The summed E-state index contributed by atoms with van der Waals surface area (Å²) in [4.78, 5) is 25.7. The van der Waals surface area contributed by atoms with Crippen LogP contribution in [0.2, 0.25) is 0 Å². The summed E-state index contributed by atoms with van der Waals surface area (Å²) in [6, 6.07) is 12.2. The Balaban J connectivity index is 2.10. The molecule has 0 aliphatic rings. The van der Waals surface area contributed by atoms with Crippen molar-refractivity contribution in [1.29, 1.82) is 0 Å². The van der Waals surface area contributed by atoms with Gasteiger partial charge in [-0.3, -0.25) is 4.79 Å². The van der Waals surface area contributed by atoms with E-state index in [-0.39, 0.29) is 23.3 Å². The predicted molar refractivity (Wildman–Crippen MR) is 103 cm³/mol. The molecule has 1 N–H and O–H groups in total. The molecule has 4 aromatic rings. The molecule has 0 atom stereocenters. The molecule has 0 aliphatic carbocycles. The number of fused-ring (bicyclic) bond motifs is 3. The van der Waals surface area contributed by atoms with Gasteiger partial charge in [0.15, 0.2) is 5.58 Å². The molecule has 5 nitrogen and oxygen atoms in total. The second kappa shape index (κ2) is 6.59. The van der Waals surface area contributed by atoms with E-state index in [1.165, 1.54) is 28.5 Å². The number of thioether (sulfide) groups is 1. The van der Waals surface area contributed by atoms with Gasteiger partial charge in [0.25, 0.3) is 5.56 Å². The van der Waals surface area contributed by atoms with Crippen LogP contribution < -0.4 is 11.2 Å². The molecule has 27 heavy (non-hydrogen) atoms. The van der Waals surface area contributed by atoms with Gasteiger partial charge in [-0.25, -0.2) is 9.18 Å². The Morgan fingerprint density at radius 2 is 1.85 bits per heavy atom. The van der Waals surface area contributed by atoms with Crippen LogP contribution in [0.15, 0.2) is 67.4 Å². The third-order valence-corrected chi connectivity index (χ3v) is 5.12. The van der Waals surface area contributed by atoms with Crippen LogP contribution in [0, 0.1) is 5.82 Å². The second-order valence-electron chi connectivity index (χ2n) is 6.06. The molecule has 0 saturated carbocycles. The van der Waals surface area contributed by atoms with Gasteiger partial charge in [-0.1, -0.05) is 12.1 Å². The predicted octanol–water partition coefficient (Wildman–Crippen LogP) is 3.72. The first-order chi connectivity index (χ1) is 13.0. The van der Waals surface area contributed by atoms with Crippen molar-refractivity contribution < 1.29 is 13.9 Å². The fraction of sp³-hybridized carbons (Fsp3) is 0.100. The number of halogens is 1. The zero-order valence-corrected chi connectivity index (χ0v) is 15.0. The Morgan fingerprint density at radius 1 is 1.11 bits per heavy atom. The lowest BCUT2D eigenvalue weighted by Crippen LogP contribution is -2.22. The summed E-state index contributed by atoms with van der Waals surface area (Å²) < 4.78 is 19.9. The van der Waals surface area contributed by atoms with Gasteiger partial charge in [-0.15, -0.1) is 11.8 Å². The van der Waals surface area contributed by atoms with E-state index in [0.717, 1.165) is 16.5 Å².